The van der Waals surface area contributed by atoms with Crippen molar-refractivity contribution in [3.05, 3.63) is 23.2 Å². The standard InChI is InChI=1S/C18H31N7O/c1-14(12-19-2)17(20-18(26-7)23(5)6)24-9-8-10-25-15(13-24)11-16(21-25)22(3)4/h11-12H,8-10,13H2,1-7H3/b17-14-,19-12?,20-18?. The third-order valence-corrected chi connectivity index (χ3v) is 4.20. The van der Waals surface area contributed by atoms with Crippen molar-refractivity contribution in [2.75, 3.05) is 53.8 Å². The van der Waals surface area contributed by atoms with E-state index in [4.69, 9.17) is 14.8 Å². The summed E-state index contributed by atoms with van der Waals surface area (Å²) < 4.78 is 7.54. The van der Waals surface area contributed by atoms with E-state index in [1.807, 2.05) is 51.1 Å². The van der Waals surface area contributed by atoms with Crippen molar-refractivity contribution < 1.29 is 4.74 Å². The van der Waals surface area contributed by atoms with Gasteiger partial charge in [-0.25, -0.2) is 0 Å². The minimum Gasteiger partial charge on any atom is -0.468 e. The predicted molar refractivity (Wildman–Crippen MR) is 107 cm³/mol. The Balaban J connectivity index is 2.42. The first-order chi connectivity index (χ1) is 12.4. The van der Waals surface area contributed by atoms with Crippen LogP contribution in [-0.4, -0.2) is 80.7 Å². The molecule has 0 fully saturated rings. The SMILES string of the molecule is CN=C/C(C)=C(/N=C(OC)N(C)C)N1CCCn2nc(N(C)C)cc2C1. The number of aryl methyl sites for hydroxylation is 1. The molecule has 0 atom stereocenters. The molecule has 0 aliphatic carbocycles. The maximum Gasteiger partial charge on any atom is 0.293 e. The quantitative estimate of drug-likeness (QED) is 0.603. The maximum absolute atomic E-state index is 5.44. The number of allylic oxidation sites excluding steroid dienone is 1. The smallest absolute Gasteiger partial charge is 0.293 e. The Labute approximate surface area is 156 Å². The van der Waals surface area contributed by atoms with E-state index in [-0.39, 0.29) is 0 Å². The van der Waals surface area contributed by atoms with Crippen LogP contribution in [0.15, 0.2) is 27.4 Å². The van der Waals surface area contributed by atoms with Crippen LogP contribution in [0.2, 0.25) is 0 Å². The van der Waals surface area contributed by atoms with E-state index in [0.717, 1.165) is 43.3 Å². The third kappa shape index (κ3) is 4.56. The van der Waals surface area contributed by atoms with Crippen LogP contribution in [0.4, 0.5) is 5.82 Å². The molecular weight excluding hydrogens is 330 g/mol. The normalized spacial score (nSPS) is 16.3. The largest absolute Gasteiger partial charge is 0.468 e. The van der Waals surface area contributed by atoms with E-state index >= 15 is 0 Å². The van der Waals surface area contributed by atoms with Crippen molar-refractivity contribution in [2.45, 2.75) is 26.4 Å². The number of nitrogens with zero attached hydrogens (tertiary/aromatic N) is 7. The fraction of sp³-hybridized carbons (Fsp3) is 0.611. The average molecular weight is 361 g/mol. The van der Waals surface area contributed by atoms with Crippen LogP contribution in [0.5, 0.6) is 0 Å². The average Bonchev–Trinajstić information content (AvgIpc) is 2.88. The Bertz CT molecular complexity index is 700. The number of hydrogen-bond donors (Lipinski definition) is 0. The molecule has 0 saturated heterocycles. The number of hydrogen-bond acceptors (Lipinski definition) is 6. The Morgan fingerprint density at radius 2 is 2.00 bits per heavy atom. The van der Waals surface area contributed by atoms with Gasteiger partial charge in [-0.2, -0.15) is 10.1 Å². The van der Waals surface area contributed by atoms with Gasteiger partial charge in [0, 0.05) is 66.2 Å². The van der Waals surface area contributed by atoms with Crippen molar-refractivity contribution in [3.63, 3.8) is 0 Å². The Morgan fingerprint density at radius 3 is 2.58 bits per heavy atom. The lowest BCUT2D eigenvalue weighted by Crippen LogP contribution is -2.28. The number of ether oxygens (including phenoxy) is 1. The third-order valence-electron chi connectivity index (χ3n) is 4.20. The first-order valence-corrected chi connectivity index (χ1v) is 8.79. The number of fused-ring (bicyclic) bond motifs is 1. The minimum atomic E-state index is 0.565. The highest BCUT2D eigenvalue weighted by molar-refractivity contribution is 5.80. The molecule has 1 aliphatic heterocycles. The zero-order valence-corrected chi connectivity index (χ0v) is 17.0. The molecule has 0 radical (unpaired) electrons. The van der Waals surface area contributed by atoms with Crippen LogP contribution >= 0.6 is 0 Å². The highest BCUT2D eigenvalue weighted by Crippen LogP contribution is 2.23. The van der Waals surface area contributed by atoms with E-state index in [2.05, 4.69) is 20.6 Å². The minimum absolute atomic E-state index is 0.565. The fourth-order valence-electron chi connectivity index (χ4n) is 2.92. The molecule has 0 unspecified atom stereocenters. The van der Waals surface area contributed by atoms with Gasteiger partial charge in [-0.1, -0.05) is 0 Å². The second-order valence-electron chi connectivity index (χ2n) is 6.77. The lowest BCUT2D eigenvalue weighted by atomic mass is 10.2. The van der Waals surface area contributed by atoms with E-state index in [9.17, 15) is 0 Å². The van der Waals surface area contributed by atoms with E-state index in [1.54, 1.807) is 14.2 Å². The van der Waals surface area contributed by atoms with Crippen LogP contribution in [0.25, 0.3) is 0 Å². The topological polar surface area (TPSA) is 61.5 Å². The van der Waals surface area contributed by atoms with Crippen LogP contribution in [-0.2, 0) is 17.8 Å². The molecule has 8 nitrogen and oxygen atoms in total. The molecule has 0 N–H and O–H groups in total. The summed E-state index contributed by atoms with van der Waals surface area (Å²) in [6, 6.07) is 2.71. The predicted octanol–water partition coefficient (Wildman–Crippen LogP) is 1.65. The second-order valence-corrected chi connectivity index (χ2v) is 6.77. The second kappa shape index (κ2) is 8.73. The molecule has 2 rings (SSSR count). The zero-order chi connectivity index (χ0) is 19.3. The number of methoxy groups -OCH3 is 1. The summed E-state index contributed by atoms with van der Waals surface area (Å²) in [6.07, 6.45) is 2.84. The maximum atomic E-state index is 5.44. The van der Waals surface area contributed by atoms with Crippen LogP contribution in [0.1, 0.15) is 19.0 Å². The van der Waals surface area contributed by atoms with Crippen LogP contribution < -0.4 is 4.90 Å². The fourth-order valence-corrected chi connectivity index (χ4v) is 2.92. The van der Waals surface area contributed by atoms with E-state index in [1.165, 1.54) is 5.69 Å². The highest BCUT2D eigenvalue weighted by atomic mass is 16.5. The molecule has 8 heteroatoms. The van der Waals surface area contributed by atoms with E-state index in [0.29, 0.717) is 6.02 Å². The number of amidine groups is 1. The summed E-state index contributed by atoms with van der Waals surface area (Å²) in [5.41, 5.74) is 2.19. The molecule has 0 spiro atoms. The van der Waals surface area contributed by atoms with Crippen molar-refractivity contribution in [1.29, 1.82) is 0 Å². The molecule has 0 bridgehead atoms. The molecule has 0 saturated carbocycles. The van der Waals surface area contributed by atoms with Gasteiger partial charge in [0.2, 0.25) is 0 Å². The van der Waals surface area contributed by atoms with Crippen LogP contribution in [0, 0.1) is 0 Å². The van der Waals surface area contributed by atoms with Gasteiger partial charge < -0.3 is 19.4 Å². The summed E-state index contributed by atoms with van der Waals surface area (Å²) in [4.78, 5) is 15.1. The first kappa shape index (κ1) is 19.8. The summed E-state index contributed by atoms with van der Waals surface area (Å²) in [6.45, 7) is 4.59. The molecule has 0 amide bonds. The van der Waals surface area contributed by atoms with Gasteiger partial charge in [-0.15, -0.1) is 0 Å². The van der Waals surface area contributed by atoms with Gasteiger partial charge in [0.05, 0.1) is 19.3 Å². The highest BCUT2D eigenvalue weighted by Gasteiger charge is 2.21. The summed E-state index contributed by atoms with van der Waals surface area (Å²) in [5.74, 6) is 1.86. The lowest BCUT2D eigenvalue weighted by molar-refractivity contribution is 0.309. The molecule has 1 aromatic heterocycles. The molecule has 2 heterocycles. The summed E-state index contributed by atoms with van der Waals surface area (Å²) >= 11 is 0. The molecule has 1 aromatic rings. The monoisotopic (exact) mass is 361 g/mol. The Kier molecular flexibility index (Phi) is 6.65. The van der Waals surface area contributed by atoms with Crippen molar-refractivity contribution in [3.8, 4) is 0 Å². The van der Waals surface area contributed by atoms with Gasteiger partial charge in [0.25, 0.3) is 6.02 Å². The Morgan fingerprint density at radius 1 is 1.27 bits per heavy atom. The Hall–Kier alpha value is -2.51. The molecule has 26 heavy (non-hydrogen) atoms. The number of anilines is 1. The first-order valence-electron chi connectivity index (χ1n) is 8.79. The van der Waals surface area contributed by atoms with Crippen molar-refractivity contribution in [2.24, 2.45) is 9.98 Å². The molecule has 1 aliphatic rings. The van der Waals surface area contributed by atoms with Gasteiger partial charge in [0.1, 0.15) is 11.6 Å². The molecule has 0 aromatic carbocycles. The zero-order valence-electron chi connectivity index (χ0n) is 17.0. The summed E-state index contributed by atoms with van der Waals surface area (Å²) in [7, 11) is 11.3. The van der Waals surface area contributed by atoms with Gasteiger partial charge >= 0.3 is 0 Å². The van der Waals surface area contributed by atoms with Crippen molar-refractivity contribution in [1.82, 2.24) is 19.6 Å². The van der Waals surface area contributed by atoms with Gasteiger partial charge in [-0.3, -0.25) is 9.67 Å². The number of rotatable bonds is 4. The van der Waals surface area contributed by atoms with Gasteiger partial charge in [0.15, 0.2) is 0 Å². The van der Waals surface area contributed by atoms with Crippen LogP contribution in [0.3, 0.4) is 0 Å². The van der Waals surface area contributed by atoms with Gasteiger partial charge in [-0.05, 0) is 13.3 Å². The summed E-state index contributed by atoms with van der Waals surface area (Å²) in [5, 5.41) is 4.70. The van der Waals surface area contributed by atoms with E-state index < -0.39 is 0 Å². The van der Waals surface area contributed by atoms with Crippen molar-refractivity contribution >= 4 is 18.1 Å². The number of aliphatic imine (C=N–C) groups is 2. The number of aromatic nitrogens is 2. The molecule has 144 valence electrons. The molecular formula is C18H31N7O. The lowest BCUT2D eigenvalue weighted by Gasteiger charge is -2.25.